The van der Waals surface area contributed by atoms with Crippen LogP contribution in [0.15, 0.2) is 16.6 Å². The first-order valence-corrected chi connectivity index (χ1v) is 7.53. The Bertz CT molecular complexity index is 431. The van der Waals surface area contributed by atoms with Crippen LogP contribution in [0, 0.1) is 0 Å². The summed E-state index contributed by atoms with van der Waals surface area (Å²) < 4.78 is 5.58. The van der Waals surface area contributed by atoms with E-state index in [1.54, 1.807) is 12.1 Å². The van der Waals surface area contributed by atoms with Crippen LogP contribution in [0.5, 0.6) is 0 Å². The van der Waals surface area contributed by atoms with Crippen LogP contribution in [-0.4, -0.2) is 19.1 Å². The van der Waals surface area contributed by atoms with Gasteiger partial charge in [-0.2, -0.15) is 0 Å². The van der Waals surface area contributed by atoms with Crippen LogP contribution >= 0.6 is 39.1 Å². The zero-order valence-electron chi connectivity index (χ0n) is 10.8. The lowest BCUT2D eigenvalue weighted by molar-refractivity contribution is -0.141. The molecule has 0 aliphatic heterocycles. The minimum absolute atomic E-state index is 0.316. The van der Waals surface area contributed by atoms with Crippen LogP contribution in [0.4, 0.5) is 5.69 Å². The predicted octanol–water partition coefficient (Wildman–Crippen LogP) is 4.90. The number of carbonyl (C=O) groups excluding carboxylic acids is 1. The number of benzene rings is 1. The summed E-state index contributed by atoms with van der Waals surface area (Å²) in [6, 6.07) is 3.01. The number of methoxy groups -OCH3 is 1. The van der Waals surface area contributed by atoms with E-state index in [9.17, 15) is 4.79 Å². The molecule has 1 aromatic rings. The monoisotopic (exact) mass is 367 g/mol. The summed E-state index contributed by atoms with van der Waals surface area (Å²) in [5.74, 6) is -0.316. The van der Waals surface area contributed by atoms with Crippen molar-refractivity contribution >= 4 is 50.8 Å². The third-order valence-electron chi connectivity index (χ3n) is 2.66. The molecule has 0 amide bonds. The molecule has 1 unspecified atom stereocenters. The van der Waals surface area contributed by atoms with Gasteiger partial charge in [0.25, 0.3) is 0 Å². The molecule has 106 valence electrons. The number of nitrogens with one attached hydrogen (secondary N) is 1. The van der Waals surface area contributed by atoms with Gasteiger partial charge in [-0.15, -0.1) is 0 Å². The molecule has 0 aliphatic carbocycles. The summed E-state index contributed by atoms with van der Waals surface area (Å²) in [6.45, 7) is 2.06. The van der Waals surface area contributed by atoms with Crippen molar-refractivity contribution in [2.75, 3.05) is 12.4 Å². The maximum absolute atomic E-state index is 11.7. The van der Waals surface area contributed by atoms with Gasteiger partial charge in [0.15, 0.2) is 0 Å². The molecule has 0 saturated carbocycles. The predicted molar refractivity (Wildman–Crippen MR) is 83.1 cm³/mol. The minimum Gasteiger partial charge on any atom is -0.467 e. The highest BCUT2D eigenvalue weighted by Gasteiger charge is 2.20. The second kappa shape index (κ2) is 7.98. The number of anilines is 1. The minimum atomic E-state index is -0.443. The molecule has 19 heavy (non-hydrogen) atoms. The van der Waals surface area contributed by atoms with E-state index in [0.29, 0.717) is 22.2 Å². The van der Waals surface area contributed by atoms with Crippen molar-refractivity contribution in [2.45, 2.75) is 32.2 Å². The first-order valence-electron chi connectivity index (χ1n) is 5.98. The summed E-state index contributed by atoms with van der Waals surface area (Å²) in [7, 11) is 1.37. The molecule has 0 radical (unpaired) electrons. The summed E-state index contributed by atoms with van der Waals surface area (Å²) in [6.07, 6.45) is 2.58. The lowest BCUT2D eigenvalue weighted by Gasteiger charge is -2.19. The first kappa shape index (κ1) is 16.6. The van der Waals surface area contributed by atoms with Crippen molar-refractivity contribution in [1.82, 2.24) is 0 Å². The molecule has 0 bridgehead atoms. The summed E-state index contributed by atoms with van der Waals surface area (Å²) in [5, 5.41) is 3.99. The number of ether oxygens (including phenoxy) is 1. The zero-order valence-corrected chi connectivity index (χ0v) is 13.9. The Hall–Kier alpha value is -0.450. The highest BCUT2D eigenvalue weighted by atomic mass is 79.9. The van der Waals surface area contributed by atoms with E-state index < -0.39 is 6.04 Å². The Morgan fingerprint density at radius 2 is 2.00 bits per heavy atom. The molecule has 1 atom stereocenters. The highest BCUT2D eigenvalue weighted by Crippen LogP contribution is 2.34. The molecule has 6 heteroatoms. The number of unbranched alkanes of at least 4 members (excludes halogenated alkanes) is 1. The topological polar surface area (TPSA) is 38.3 Å². The molecule has 0 aliphatic rings. The van der Waals surface area contributed by atoms with Crippen molar-refractivity contribution < 1.29 is 9.53 Å². The molecule has 0 fully saturated rings. The van der Waals surface area contributed by atoms with Crippen LogP contribution in [-0.2, 0) is 9.53 Å². The van der Waals surface area contributed by atoms with Gasteiger partial charge in [0.1, 0.15) is 6.04 Å². The van der Waals surface area contributed by atoms with Gasteiger partial charge in [0, 0.05) is 4.47 Å². The van der Waals surface area contributed by atoms with Crippen molar-refractivity contribution in [1.29, 1.82) is 0 Å². The van der Waals surface area contributed by atoms with Crippen LogP contribution in [0.3, 0.4) is 0 Å². The fraction of sp³-hybridized carbons (Fsp3) is 0.462. The maximum Gasteiger partial charge on any atom is 0.328 e. The Morgan fingerprint density at radius 1 is 1.42 bits per heavy atom. The van der Waals surface area contributed by atoms with Gasteiger partial charge in [0.05, 0.1) is 22.8 Å². The van der Waals surface area contributed by atoms with E-state index >= 15 is 0 Å². The van der Waals surface area contributed by atoms with E-state index in [0.717, 1.165) is 17.3 Å². The Balaban J connectivity index is 2.92. The third-order valence-corrected chi connectivity index (χ3v) is 3.71. The first-order chi connectivity index (χ1) is 8.99. The van der Waals surface area contributed by atoms with Crippen LogP contribution in [0.1, 0.15) is 26.2 Å². The normalized spacial score (nSPS) is 12.1. The van der Waals surface area contributed by atoms with Crippen molar-refractivity contribution in [3.05, 3.63) is 26.7 Å². The van der Waals surface area contributed by atoms with Crippen LogP contribution < -0.4 is 5.32 Å². The SMILES string of the molecule is CCCCC(Nc1c(Cl)cc(Br)cc1Cl)C(=O)OC. The highest BCUT2D eigenvalue weighted by molar-refractivity contribution is 9.10. The second-order valence-electron chi connectivity index (χ2n) is 4.11. The molecule has 1 N–H and O–H groups in total. The zero-order chi connectivity index (χ0) is 14.4. The van der Waals surface area contributed by atoms with Gasteiger partial charge in [-0.3, -0.25) is 0 Å². The molecule has 0 saturated heterocycles. The number of esters is 1. The summed E-state index contributed by atoms with van der Waals surface area (Å²) in [4.78, 5) is 11.7. The fourth-order valence-corrected chi connectivity index (χ4v) is 2.97. The Labute approximate surface area is 131 Å². The van der Waals surface area contributed by atoms with Crippen LogP contribution in [0.25, 0.3) is 0 Å². The molecule has 0 spiro atoms. The summed E-state index contributed by atoms with van der Waals surface area (Å²) in [5.41, 5.74) is 0.554. The fourth-order valence-electron chi connectivity index (χ4n) is 1.65. The quantitative estimate of drug-likeness (QED) is 0.725. The molecule has 0 aromatic heterocycles. The van der Waals surface area contributed by atoms with E-state index in [2.05, 4.69) is 28.2 Å². The number of rotatable bonds is 6. The van der Waals surface area contributed by atoms with Crippen molar-refractivity contribution in [3.63, 3.8) is 0 Å². The average molecular weight is 369 g/mol. The lowest BCUT2D eigenvalue weighted by atomic mass is 10.1. The van der Waals surface area contributed by atoms with Gasteiger partial charge in [-0.05, 0) is 18.6 Å². The molecule has 1 rings (SSSR count). The number of halogens is 3. The molecule has 3 nitrogen and oxygen atoms in total. The molecular formula is C13H16BrCl2NO2. The Kier molecular flexibility index (Phi) is 6.97. The molecule has 0 heterocycles. The van der Waals surface area contributed by atoms with E-state index in [4.69, 9.17) is 27.9 Å². The van der Waals surface area contributed by atoms with Crippen molar-refractivity contribution in [3.8, 4) is 0 Å². The van der Waals surface area contributed by atoms with E-state index in [-0.39, 0.29) is 5.97 Å². The Morgan fingerprint density at radius 3 is 2.47 bits per heavy atom. The lowest BCUT2D eigenvalue weighted by Crippen LogP contribution is -2.30. The third kappa shape index (κ3) is 4.86. The maximum atomic E-state index is 11.7. The van der Waals surface area contributed by atoms with Gasteiger partial charge >= 0.3 is 5.97 Å². The van der Waals surface area contributed by atoms with E-state index in [1.807, 2.05) is 0 Å². The second-order valence-corrected chi connectivity index (χ2v) is 5.84. The van der Waals surface area contributed by atoms with Gasteiger partial charge in [-0.25, -0.2) is 4.79 Å². The summed E-state index contributed by atoms with van der Waals surface area (Å²) >= 11 is 15.6. The van der Waals surface area contributed by atoms with Gasteiger partial charge in [-0.1, -0.05) is 58.9 Å². The number of hydrogen-bond donors (Lipinski definition) is 1. The van der Waals surface area contributed by atoms with E-state index in [1.165, 1.54) is 7.11 Å². The van der Waals surface area contributed by atoms with Gasteiger partial charge in [0.2, 0.25) is 0 Å². The largest absolute Gasteiger partial charge is 0.467 e. The number of carbonyl (C=O) groups is 1. The average Bonchev–Trinajstić information content (AvgIpc) is 2.36. The van der Waals surface area contributed by atoms with Crippen molar-refractivity contribution in [2.24, 2.45) is 0 Å². The smallest absolute Gasteiger partial charge is 0.328 e. The van der Waals surface area contributed by atoms with Crippen LogP contribution in [0.2, 0.25) is 10.0 Å². The standard InChI is InChI=1S/C13H16BrCl2NO2/c1-3-4-5-11(13(18)19-2)17-12-9(15)6-8(14)7-10(12)16/h6-7,11,17H,3-5H2,1-2H3. The molecular weight excluding hydrogens is 353 g/mol. The molecule has 1 aromatic carbocycles. The van der Waals surface area contributed by atoms with Gasteiger partial charge < -0.3 is 10.1 Å². The number of hydrogen-bond acceptors (Lipinski definition) is 3.